The van der Waals surface area contributed by atoms with E-state index in [4.69, 9.17) is 9.11 Å². The van der Waals surface area contributed by atoms with E-state index >= 15 is 0 Å². The highest BCUT2D eigenvalue weighted by Crippen LogP contribution is 2.70. The zero-order valence-electron chi connectivity index (χ0n) is 42.2. The summed E-state index contributed by atoms with van der Waals surface area (Å²) in [6.45, 7) is 13.9. The number of fused-ring (bicyclic) bond motifs is 10. The Morgan fingerprint density at radius 2 is 1.04 bits per heavy atom. The van der Waals surface area contributed by atoms with Crippen LogP contribution < -0.4 is 10.6 Å². The van der Waals surface area contributed by atoms with Crippen LogP contribution in [0.15, 0.2) is 0 Å². The highest BCUT2D eigenvalue weighted by molar-refractivity contribution is 7.86. The third-order valence-corrected chi connectivity index (χ3v) is 23.4. The minimum Gasteiger partial charge on any atom is -0.393 e. The molecule has 0 saturated heterocycles. The summed E-state index contributed by atoms with van der Waals surface area (Å²) < 4.78 is 61.0. The molecule has 0 bridgehead atoms. The van der Waals surface area contributed by atoms with Crippen LogP contribution in [0, 0.1) is 92.7 Å². The minimum absolute atomic E-state index is 0.0625. The smallest absolute Gasteiger partial charge is 0.266 e. The van der Waals surface area contributed by atoms with E-state index in [0.29, 0.717) is 90.3 Å². The van der Waals surface area contributed by atoms with Crippen molar-refractivity contribution in [3.05, 3.63) is 0 Å². The Bertz CT molecular complexity index is 2000. The Hall–Kier alpha value is -1.40. The van der Waals surface area contributed by atoms with Gasteiger partial charge >= 0.3 is 0 Å². The molecule has 0 radical (unpaired) electrons. The topological polar surface area (TPSA) is 248 Å². The molecule has 68 heavy (non-hydrogen) atoms. The molecule has 0 aromatic rings. The van der Waals surface area contributed by atoms with Crippen LogP contribution in [-0.2, 0) is 29.8 Å². The monoisotopic (exact) mass is 999 g/mol. The van der Waals surface area contributed by atoms with Crippen LogP contribution in [0.1, 0.15) is 170 Å². The second-order valence-electron chi connectivity index (χ2n) is 25.1. The zero-order chi connectivity index (χ0) is 49.8. The van der Waals surface area contributed by atoms with Crippen molar-refractivity contribution in [2.45, 2.75) is 194 Å². The maximum atomic E-state index is 12.2. The molecule has 16 heteroatoms. The Labute approximate surface area is 408 Å². The van der Waals surface area contributed by atoms with Crippen molar-refractivity contribution < 1.29 is 56.0 Å². The van der Waals surface area contributed by atoms with E-state index < -0.39 is 31.7 Å². The van der Waals surface area contributed by atoms with E-state index in [-0.39, 0.29) is 71.0 Å². The third kappa shape index (κ3) is 11.1. The number of hydrogen-bond acceptors (Lipinski definition) is 10. The van der Waals surface area contributed by atoms with E-state index in [1.54, 1.807) is 0 Å². The number of amides is 2. The molecule has 0 heterocycles. The van der Waals surface area contributed by atoms with E-state index in [1.165, 1.54) is 19.3 Å². The average Bonchev–Trinajstić information content (AvgIpc) is 3.80. The van der Waals surface area contributed by atoms with Gasteiger partial charge in [0, 0.05) is 25.9 Å². The standard InChI is InChI=1S/2C26H45NO6S/c1-16(4-9-24(30)27-12-13-34(31,32)33)20-7-8-21-19-6-5-17-14-18(28)10-11-25(17,2)22(19)15-23(29)26(20,21)3;1-16(4-7-23(30)27-12-13-34(31,32)33)19-5-6-20-24-21(9-11-26(19,20)3)25(2)10-8-18(28)14-17(25)15-22(24)29/h16-23,28-29H,4-15H2,1-3H3,(H,27,30)(H,31,32,33);16-22,24,28-29H,4-15H2,1-3H3,(H,27,30)(H,31,32,33)/t16-,17?,18-,19?,20-,21?,22?,23+,25+,26-;16-,17?,18-,19-,20+,21+,22-,24+,25+,26-/m11/s1. The second kappa shape index (κ2) is 20.8. The van der Waals surface area contributed by atoms with Crippen molar-refractivity contribution >= 4 is 32.1 Å². The van der Waals surface area contributed by atoms with Crippen molar-refractivity contribution in [1.82, 2.24) is 10.6 Å². The quantitative estimate of drug-likeness (QED) is 0.0838. The first kappa shape index (κ1) is 54.4. The van der Waals surface area contributed by atoms with Crippen LogP contribution >= 0.6 is 0 Å². The summed E-state index contributed by atoms with van der Waals surface area (Å²) in [5, 5.41) is 48.7. The molecule has 0 aromatic carbocycles. The summed E-state index contributed by atoms with van der Waals surface area (Å²) in [7, 11) is -8.13. The molecule has 8 fully saturated rings. The number of hydrogen-bond donors (Lipinski definition) is 8. The number of rotatable bonds is 14. The Balaban J connectivity index is 0.000000201. The molecule has 8 saturated carbocycles. The first-order valence-corrected chi connectivity index (χ1v) is 30.1. The predicted molar refractivity (Wildman–Crippen MR) is 261 cm³/mol. The third-order valence-electron chi connectivity index (χ3n) is 21.9. The van der Waals surface area contributed by atoms with Crippen LogP contribution in [0.5, 0.6) is 0 Å². The van der Waals surface area contributed by atoms with Gasteiger partial charge in [-0.3, -0.25) is 18.7 Å². The van der Waals surface area contributed by atoms with Crippen molar-refractivity contribution in [2.75, 3.05) is 24.6 Å². The van der Waals surface area contributed by atoms with E-state index in [0.717, 1.165) is 89.9 Å². The van der Waals surface area contributed by atoms with Crippen molar-refractivity contribution in [3.8, 4) is 0 Å². The largest absolute Gasteiger partial charge is 0.393 e. The van der Waals surface area contributed by atoms with Gasteiger partial charge in [0.1, 0.15) is 0 Å². The molecule has 8 aliphatic carbocycles. The Kier molecular flexibility index (Phi) is 16.7. The van der Waals surface area contributed by atoms with Crippen molar-refractivity contribution in [1.29, 1.82) is 0 Å². The number of aliphatic hydroxyl groups is 4. The van der Waals surface area contributed by atoms with Gasteiger partial charge in [0.2, 0.25) is 11.8 Å². The molecule has 392 valence electrons. The normalized spacial score (nSPS) is 45.1. The molecule has 8 N–H and O–H groups in total. The average molecular weight is 999 g/mol. The van der Waals surface area contributed by atoms with Gasteiger partial charge in [0.15, 0.2) is 0 Å². The highest BCUT2D eigenvalue weighted by Gasteiger charge is 2.65. The maximum Gasteiger partial charge on any atom is 0.266 e. The number of nitrogens with one attached hydrogen (secondary N) is 2. The summed E-state index contributed by atoms with van der Waals surface area (Å²) in [5.41, 5.74) is 0.516. The fraction of sp³-hybridized carbons (Fsp3) is 0.962. The molecule has 0 aromatic heterocycles. The number of carbonyl (C=O) groups excluding carboxylic acids is 2. The van der Waals surface area contributed by atoms with Gasteiger partial charge < -0.3 is 31.1 Å². The predicted octanol–water partition coefficient (Wildman–Crippen LogP) is 6.79. The lowest BCUT2D eigenvalue weighted by Crippen LogP contribution is -2.58. The van der Waals surface area contributed by atoms with Crippen molar-refractivity contribution in [2.24, 2.45) is 92.7 Å². The Morgan fingerprint density at radius 1 is 0.559 bits per heavy atom. The van der Waals surface area contributed by atoms with E-state index in [1.807, 2.05) is 0 Å². The fourth-order valence-electron chi connectivity index (χ4n) is 18.3. The number of carbonyl (C=O) groups is 2. The van der Waals surface area contributed by atoms with Gasteiger partial charge in [-0.15, -0.1) is 0 Å². The van der Waals surface area contributed by atoms with Gasteiger partial charge in [-0.25, -0.2) is 0 Å². The molecule has 8 aliphatic rings. The summed E-state index contributed by atoms with van der Waals surface area (Å²) in [6.07, 6.45) is 17.8. The molecular formula is C52H90N2O12S2. The van der Waals surface area contributed by atoms with Crippen LogP contribution in [0.4, 0.5) is 0 Å². The lowest BCUT2D eigenvalue weighted by atomic mass is 9.43. The van der Waals surface area contributed by atoms with E-state index in [2.05, 4.69) is 52.2 Å². The van der Waals surface area contributed by atoms with E-state index in [9.17, 15) is 46.9 Å². The van der Waals surface area contributed by atoms with Gasteiger partial charge in [0.25, 0.3) is 20.2 Å². The lowest BCUT2D eigenvalue weighted by Gasteiger charge is -2.62. The summed E-state index contributed by atoms with van der Waals surface area (Å²) >= 11 is 0. The van der Waals surface area contributed by atoms with Gasteiger partial charge in [-0.05, 0) is 208 Å². The van der Waals surface area contributed by atoms with Crippen molar-refractivity contribution in [3.63, 3.8) is 0 Å². The SMILES string of the molecule is C[C@H](CCC(=O)NCCS(=O)(=O)O)[C@H]1CCC2C3CCC4C[C@H](O)CC[C@]4(C)C3C[C@H](O)[C@@]21C.C[C@H](CCC(=O)NCCS(=O)(=O)O)[C@H]1CC[C@H]2[C@@H]3[C@H](O)CC4C[C@H](O)CC[C@]4(C)[C@H]3CC[C@]12C. The highest BCUT2D eigenvalue weighted by atomic mass is 32.2. The molecule has 20 atom stereocenters. The fourth-order valence-corrected chi connectivity index (χ4v) is 19.0. The second-order valence-corrected chi connectivity index (χ2v) is 28.3. The summed E-state index contributed by atoms with van der Waals surface area (Å²) in [4.78, 5) is 24.4. The molecule has 2 amide bonds. The molecule has 0 aliphatic heterocycles. The lowest BCUT2D eigenvalue weighted by molar-refractivity contribution is -0.175. The molecule has 14 nitrogen and oxygen atoms in total. The van der Waals surface area contributed by atoms with Crippen LogP contribution in [-0.4, -0.2) is 107 Å². The Morgan fingerprint density at radius 3 is 1.62 bits per heavy atom. The molecule has 5 unspecified atom stereocenters. The maximum absolute atomic E-state index is 12.2. The summed E-state index contributed by atoms with van der Waals surface area (Å²) in [5.74, 6) is 4.38. The first-order valence-electron chi connectivity index (χ1n) is 26.9. The zero-order valence-corrected chi connectivity index (χ0v) is 43.8. The molecular weight excluding hydrogens is 909 g/mol. The minimum atomic E-state index is -4.07. The summed E-state index contributed by atoms with van der Waals surface area (Å²) in [6, 6.07) is 0. The van der Waals surface area contributed by atoms with Crippen LogP contribution in [0.25, 0.3) is 0 Å². The van der Waals surface area contributed by atoms with Crippen LogP contribution in [0.3, 0.4) is 0 Å². The number of aliphatic hydroxyl groups excluding tert-OH is 4. The first-order chi connectivity index (χ1) is 31.7. The molecule has 8 rings (SSSR count). The van der Waals surface area contributed by atoms with Crippen LogP contribution in [0.2, 0.25) is 0 Å². The van der Waals surface area contributed by atoms with Gasteiger partial charge in [-0.1, -0.05) is 41.5 Å². The molecule has 0 spiro atoms. The van der Waals surface area contributed by atoms with Gasteiger partial charge in [-0.2, -0.15) is 16.8 Å². The van der Waals surface area contributed by atoms with Gasteiger partial charge in [0.05, 0.1) is 35.9 Å².